The number of hydrogen-bond acceptors (Lipinski definition) is 3. The third-order valence-corrected chi connectivity index (χ3v) is 2.06. The van der Waals surface area contributed by atoms with Gasteiger partial charge in [-0.25, -0.2) is 4.98 Å². The van der Waals surface area contributed by atoms with Crippen molar-refractivity contribution in [2.24, 2.45) is 0 Å². The second-order valence-electron chi connectivity index (χ2n) is 2.37. The third-order valence-electron chi connectivity index (χ3n) is 1.68. The molecule has 0 aliphatic rings. The molecule has 0 bridgehead atoms. The number of aromatic nitrogens is 2. The molecule has 0 aromatic carbocycles. The zero-order valence-corrected chi connectivity index (χ0v) is 8.87. The van der Waals surface area contributed by atoms with E-state index in [0.29, 0.717) is 0 Å². The van der Waals surface area contributed by atoms with Crippen molar-refractivity contribution >= 4 is 21.7 Å². The van der Waals surface area contributed by atoms with Crippen LogP contribution in [0.25, 0.3) is 0 Å². The molecular formula is C8H12BrN3. The number of rotatable bonds is 3. The van der Waals surface area contributed by atoms with Gasteiger partial charge in [0.2, 0.25) is 0 Å². The van der Waals surface area contributed by atoms with Gasteiger partial charge in [0, 0.05) is 13.1 Å². The van der Waals surface area contributed by atoms with Gasteiger partial charge in [-0.05, 0) is 29.8 Å². The quantitative estimate of drug-likeness (QED) is 0.796. The maximum absolute atomic E-state index is 4.30. The van der Waals surface area contributed by atoms with E-state index >= 15 is 0 Å². The van der Waals surface area contributed by atoms with Crippen LogP contribution in [0.1, 0.15) is 13.8 Å². The van der Waals surface area contributed by atoms with E-state index in [1.807, 2.05) is 0 Å². The second kappa shape index (κ2) is 4.40. The molecule has 0 saturated heterocycles. The van der Waals surface area contributed by atoms with E-state index in [9.17, 15) is 0 Å². The van der Waals surface area contributed by atoms with Crippen LogP contribution in [0.5, 0.6) is 0 Å². The molecule has 3 nitrogen and oxygen atoms in total. The first-order valence-electron chi connectivity index (χ1n) is 4.00. The Morgan fingerprint density at radius 3 is 2.50 bits per heavy atom. The first kappa shape index (κ1) is 9.45. The number of hydrogen-bond donors (Lipinski definition) is 0. The van der Waals surface area contributed by atoms with E-state index in [1.165, 1.54) is 0 Å². The van der Waals surface area contributed by atoms with Gasteiger partial charge in [0.05, 0.1) is 12.4 Å². The lowest BCUT2D eigenvalue weighted by atomic mass is 10.5. The van der Waals surface area contributed by atoms with Crippen LogP contribution in [0.4, 0.5) is 5.82 Å². The molecule has 0 radical (unpaired) electrons. The third kappa shape index (κ3) is 2.17. The summed E-state index contributed by atoms with van der Waals surface area (Å²) in [6.45, 7) is 6.13. The molecule has 0 unspecified atom stereocenters. The van der Waals surface area contributed by atoms with Crippen LogP contribution < -0.4 is 4.90 Å². The molecular weight excluding hydrogens is 218 g/mol. The lowest BCUT2D eigenvalue weighted by Crippen LogP contribution is -2.23. The number of anilines is 1. The van der Waals surface area contributed by atoms with Crippen LogP contribution in [-0.4, -0.2) is 23.1 Å². The molecule has 0 atom stereocenters. The van der Waals surface area contributed by atoms with Crippen LogP contribution in [0.15, 0.2) is 17.0 Å². The van der Waals surface area contributed by atoms with Crippen molar-refractivity contribution < 1.29 is 0 Å². The van der Waals surface area contributed by atoms with Crippen molar-refractivity contribution in [1.82, 2.24) is 9.97 Å². The largest absolute Gasteiger partial charge is 0.356 e. The fraction of sp³-hybridized carbons (Fsp3) is 0.500. The van der Waals surface area contributed by atoms with E-state index in [0.717, 1.165) is 23.5 Å². The summed E-state index contributed by atoms with van der Waals surface area (Å²) in [5.74, 6) is 0.925. The summed E-state index contributed by atoms with van der Waals surface area (Å²) in [6.07, 6.45) is 3.46. The molecule has 1 rings (SSSR count). The van der Waals surface area contributed by atoms with Gasteiger partial charge in [0.15, 0.2) is 0 Å². The molecule has 66 valence electrons. The minimum Gasteiger partial charge on any atom is -0.356 e. The van der Waals surface area contributed by atoms with Gasteiger partial charge in [-0.3, -0.25) is 4.98 Å². The lowest BCUT2D eigenvalue weighted by molar-refractivity contribution is 0.837. The van der Waals surface area contributed by atoms with Gasteiger partial charge >= 0.3 is 0 Å². The fourth-order valence-electron chi connectivity index (χ4n) is 1.03. The summed E-state index contributed by atoms with van der Waals surface area (Å²) in [5, 5.41) is 0. The van der Waals surface area contributed by atoms with E-state index in [4.69, 9.17) is 0 Å². The maximum Gasteiger partial charge on any atom is 0.148 e. The molecule has 12 heavy (non-hydrogen) atoms. The summed E-state index contributed by atoms with van der Waals surface area (Å²) in [7, 11) is 0. The summed E-state index contributed by atoms with van der Waals surface area (Å²) in [4.78, 5) is 10.5. The van der Waals surface area contributed by atoms with Crippen molar-refractivity contribution in [3.05, 3.63) is 17.0 Å². The van der Waals surface area contributed by atoms with E-state index in [-0.39, 0.29) is 0 Å². The van der Waals surface area contributed by atoms with Crippen molar-refractivity contribution in [3.63, 3.8) is 0 Å². The predicted molar refractivity (Wildman–Crippen MR) is 53.3 cm³/mol. The zero-order chi connectivity index (χ0) is 8.97. The average molecular weight is 230 g/mol. The van der Waals surface area contributed by atoms with Crippen LogP contribution in [0.2, 0.25) is 0 Å². The minimum atomic E-state index is 0.784. The Bertz CT molecular complexity index is 248. The highest BCUT2D eigenvalue weighted by Gasteiger charge is 2.02. The molecule has 4 heteroatoms. The van der Waals surface area contributed by atoms with Crippen LogP contribution in [0.3, 0.4) is 0 Å². The molecule has 0 aliphatic heterocycles. The molecule has 1 heterocycles. The highest BCUT2D eigenvalue weighted by atomic mass is 79.9. The first-order valence-corrected chi connectivity index (χ1v) is 4.79. The Balaban J connectivity index is 2.85. The van der Waals surface area contributed by atoms with Gasteiger partial charge in [-0.1, -0.05) is 0 Å². The van der Waals surface area contributed by atoms with Crippen LogP contribution in [0, 0.1) is 0 Å². The first-order chi connectivity index (χ1) is 5.77. The van der Waals surface area contributed by atoms with Gasteiger partial charge in [0.1, 0.15) is 10.4 Å². The predicted octanol–water partition coefficient (Wildman–Crippen LogP) is 2.09. The highest BCUT2D eigenvalue weighted by Crippen LogP contribution is 2.11. The summed E-state index contributed by atoms with van der Waals surface area (Å²) >= 11 is 3.29. The Labute approximate surface area is 81.0 Å². The molecule has 1 aromatic rings. The normalized spacial score (nSPS) is 9.92. The summed E-state index contributed by atoms with van der Waals surface area (Å²) in [6, 6.07) is 0. The smallest absolute Gasteiger partial charge is 0.148 e. The van der Waals surface area contributed by atoms with Crippen molar-refractivity contribution in [1.29, 1.82) is 0 Å². The SMILES string of the molecule is CCN(CC)c1cncc(Br)n1. The van der Waals surface area contributed by atoms with Crippen molar-refractivity contribution in [3.8, 4) is 0 Å². The van der Waals surface area contributed by atoms with E-state index < -0.39 is 0 Å². The topological polar surface area (TPSA) is 29.0 Å². The highest BCUT2D eigenvalue weighted by molar-refractivity contribution is 9.10. The molecule has 0 spiro atoms. The van der Waals surface area contributed by atoms with Gasteiger partial charge < -0.3 is 4.90 Å². The Morgan fingerprint density at radius 1 is 1.33 bits per heavy atom. The molecule has 0 aliphatic carbocycles. The minimum absolute atomic E-state index is 0.784. The Morgan fingerprint density at radius 2 is 2.00 bits per heavy atom. The molecule has 0 fully saturated rings. The Hall–Kier alpha value is -0.640. The monoisotopic (exact) mass is 229 g/mol. The zero-order valence-electron chi connectivity index (χ0n) is 7.29. The fourth-order valence-corrected chi connectivity index (χ4v) is 1.33. The molecule has 0 N–H and O–H groups in total. The Kier molecular flexibility index (Phi) is 3.47. The van der Waals surface area contributed by atoms with Crippen molar-refractivity contribution in [2.45, 2.75) is 13.8 Å². The standard InChI is InChI=1S/C8H12BrN3/c1-3-12(4-2)8-6-10-5-7(9)11-8/h5-6H,3-4H2,1-2H3. The summed E-state index contributed by atoms with van der Waals surface area (Å²) < 4.78 is 0.784. The maximum atomic E-state index is 4.30. The van der Waals surface area contributed by atoms with Gasteiger partial charge in [-0.15, -0.1) is 0 Å². The number of nitrogens with zero attached hydrogens (tertiary/aromatic N) is 3. The lowest BCUT2D eigenvalue weighted by Gasteiger charge is -2.18. The van der Waals surface area contributed by atoms with E-state index in [1.54, 1.807) is 12.4 Å². The molecule has 0 amide bonds. The number of halogens is 1. The van der Waals surface area contributed by atoms with E-state index in [2.05, 4.69) is 44.6 Å². The van der Waals surface area contributed by atoms with Crippen LogP contribution >= 0.6 is 15.9 Å². The van der Waals surface area contributed by atoms with Gasteiger partial charge in [0.25, 0.3) is 0 Å². The van der Waals surface area contributed by atoms with Crippen molar-refractivity contribution in [2.75, 3.05) is 18.0 Å². The van der Waals surface area contributed by atoms with Crippen LogP contribution in [-0.2, 0) is 0 Å². The second-order valence-corrected chi connectivity index (χ2v) is 3.18. The van der Waals surface area contributed by atoms with Gasteiger partial charge in [-0.2, -0.15) is 0 Å². The summed E-state index contributed by atoms with van der Waals surface area (Å²) in [5.41, 5.74) is 0. The molecule has 1 aromatic heterocycles. The molecule has 0 saturated carbocycles. The average Bonchev–Trinajstić information content (AvgIpc) is 2.07.